The molecule has 0 saturated heterocycles. The minimum atomic E-state index is -0.387. The van der Waals surface area contributed by atoms with Crippen molar-refractivity contribution in [1.82, 2.24) is 5.32 Å². The molecule has 7 heteroatoms. The van der Waals surface area contributed by atoms with Gasteiger partial charge in [0, 0.05) is 17.5 Å². The number of nitrogens with zero attached hydrogens (tertiary/aromatic N) is 1. The van der Waals surface area contributed by atoms with Crippen molar-refractivity contribution in [2.75, 3.05) is 0 Å². The number of benzene rings is 1. The van der Waals surface area contributed by atoms with Crippen molar-refractivity contribution < 1.29 is 14.3 Å². The molecule has 0 bridgehead atoms. The minimum absolute atomic E-state index is 0.0679. The van der Waals surface area contributed by atoms with Crippen LogP contribution in [-0.2, 0) is 9.59 Å². The van der Waals surface area contributed by atoms with Crippen molar-refractivity contribution >= 4 is 46.4 Å². The first-order valence-corrected chi connectivity index (χ1v) is 10.3. The molecule has 2 amide bonds. The van der Waals surface area contributed by atoms with Gasteiger partial charge in [-0.2, -0.15) is 4.99 Å². The number of nitrogens with one attached hydrogen (secondary N) is 1. The molecule has 0 aromatic heterocycles. The normalized spacial score (nSPS) is 16.4. The van der Waals surface area contributed by atoms with Gasteiger partial charge in [-0.3, -0.25) is 9.59 Å². The maximum atomic E-state index is 12.1. The van der Waals surface area contributed by atoms with Crippen molar-refractivity contribution in [3.05, 3.63) is 33.7 Å². The Morgan fingerprint density at radius 2 is 2.15 bits per heavy atom. The average molecular weight is 409 g/mol. The zero-order chi connectivity index (χ0) is 19.8. The Morgan fingerprint density at radius 3 is 2.85 bits per heavy atom. The summed E-state index contributed by atoms with van der Waals surface area (Å²) in [6.07, 6.45) is 7.52. The molecule has 1 atom stereocenters. The van der Waals surface area contributed by atoms with Crippen molar-refractivity contribution in [1.29, 1.82) is 0 Å². The van der Waals surface area contributed by atoms with Crippen LogP contribution < -0.4 is 10.1 Å². The molecule has 0 aliphatic carbocycles. The van der Waals surface area contributed by atoms with Gasteiger partial charge in [-0.15, -0.1) is 0 Å². The lowest BCUT2D eigenvalue weighted by molar-refractivity contribution is -0.117. The zero-order valence-electron chi connectivity index (χ0n) is 15.9. The number of amides is 2. The highest BCUT2D eigenvalue weighted by atomic mass is 35.5. The minimum Gasteiger partial charge on any atom is -0.490 e. The number of amidine groups is 1. The van der Waals surface area contributed by atoms with Gasteiger partial charge in [0.05, 0.1) is 11.0 Å². The number of unbranched alkanes of at least 4 members (excludes halogenated alkanes) is 3. The number of ether oxygens (including phenoxy) is 1. The van der Waals surface area contributed by atoms with E-state index in [4.69, 9.17) is 16.3 Å². The van der Waals surface area contributed by atoms with Crippen LogP contribution in [0.3, 0.4) is 0 Å². The SMILES string of the molecule is CCCCCC[C@H](C)Oc1ccc(Cl)cc1/C=C1\SC(NC(C)=O)=NC1=O. The lowest BCUT2D eigenvalue weighted by atomic mass is 10.1. The van der Waals surface area contributed by atoms with Gasteiger partial charge in [0.15, 0.2) is 5.17 Å². The van der Waals surface area contributed by atoms with E-state index in [0.717, 1.165) is 30.2 Å². The van der Waals surface area contributed by atoms with E-state index in [1.807, 2.05) is 13.0 Å². The largest absolute Gasteiger partial charge is 0.490 e. The lowest BCUT2D eigenvalue weighted by Crippen LogP contribution is -2.23. The Morgan fingerprint density at radius 1 is 1.37 bits per heavy atom. The monoisotopic (exact) mass is 408 g/mol. The predicted octanol–water partition coefficient (Wildman–Crippen LogP) is 5.18. The van der Waals surface area contributed by atoms with E-state index < -0.39 is 0 Å². The van der Waals surface area contributed by atoms with Gasteiger partial charge in [-0.25, -0.2) is 0 Å². The average Bonchev–Trinajstić information content (AvgIpc) is 2.92. The van der Waals surface area contributed by atoms with E-state index in [1.165, 1.54) is 26.2 Å². The van der Waals surface area contributed by atoms with Crippen LogP contribution in [0.2, 0.25) is 5.02 Å². The molecule has 1 N–H and O–H groups in total. The summed E-state index contributed by atoms with van der Waals surface area (Å²) in [7, 11) is 0. The summed E-state index contributed by atoms with van der Waals surface area (Å²) in [4.78, 5) is 27.5. The number of hydrogen-bond donors (Lipinski definition) is 1. The van der Waals surface area contributed by atoms with Gasteiger partial charge in [-0.05, 0) is 55.8 Å². The van der Waals surface area contributed by atoms with Gasteiger partial charge < -0.3 is 10.1 Å². The maximum absolute atomic E-state index is 12.1. The van der Waals surface area contributed by atoms with E-state index in [1.54, 1.807) is 18.2 Å². The second-order valence-electron chi connectivity index (χ2n) is 6.47. The molecule has 27 heavy (non-hydrogen) atoms. The van der Waals surface area contributed by atoms with Gasteiger partial charge in [0.25, 0.3) is 5.91 Å². The molecule has 0 spiro atoms. The van der Waals surface area contributed by atoms with Crippen LogP contribution >= 0.6 is 23.4 Å². The molecule has 0 fully saturated rings. The summed E-state index contributed by atoms with van der Waals surface area (Å²) >= 11 is 7.25. The molecule has 5 nitrogen and oxygen atoms in total. The molecule has 1 aliphatic rings. The van der Waals surface area contributed by atoms with Crippen molar-refractivity contribution in [2.24, 2.45) is 4.99 Å². The number of hydrogen-bond acceptors (Lipinski definition) is 4. The molecule has 0 saturated carbocycles. The molecule has 1 aromatic rings. The molecule has 146 valence electrons. The summed E-state index contributed by atoms with van der Waals surface area (Å²) in [5.74, 6) is 0.0255. The third-order valence-electron chi connectivity index (χ3n) is 3.95. The zero-order valence-corrected chi connectivity index (χ0v) is 17.5. The number of carbonyl (C=O) groups is 2. The fourth-order valence-corrected chi connectivity index (χ4v) is 3.66. The number of carbonyl (C=O) groups excluding carboxylic acids is 2. The standard InChI is InChI=1S/C20H25ClN2O3S/c1-4-5-6-7-8-13(2)26-17-10-9-16(21)11-15(17)12-18-19(25)23-20(27-18)22-14(3)24/h9-13H,4-8H2,1-3H3,(H,22,23,24,25)/b18-12-/t13-/m0/s1. The Hall–Kier alpha value is -1.79. The Labute approximate surface area is 169 Å². The molecule has 1 aliphatic heterocycles. The third-order valence-corrected chi connectivity index (χ3v) is 5.09. The number of rotatable bonds is 8. The summed E-state index contributed by atoms with van der Waals surface area (Å²) in [5.41, 5.74) is 0.720. The second kappa shape index (κ2) is 10.5. The molecule has 2 rings (SSSR count). The van der Waals surface area contributed by atoms with E-state index in [-0.39, 0.29) is 23.1 Å². The quantitative estimate of drug-likeness (QED) is 0.475. The van der Waals surface area contributed by atoms with Crippen LogP contribution in [0.4, 0.5) is 0 Å². The van der Waals surface area contributed by atoms with Crippen LogP contribution in [0.15, 0.2) is 28.1 Å². The molecular weight excluding hydrogens is 384 g/mol. The third kappa shape index (κ3) is 7.03. The molecule has 0 unspecified atom stereocenters. The Kier molecular flexibility index (Phi) is 8.38. The summed E-state index contributed by atoms with van der Waals surface area (Å²) in [6, 6.07) is 5.35. The van der Waals surface area contributed by atoms with Crippen molar-refractivity contribution in [2.45, 2.75) is 59.0 Å². The highest BCUT2D eigenvalue weighted by Crippen LogP contribution is 2.32. The number of aliphatic imine (C=N–C) groups is 1. The van der Waals surface area contributed by atoms with E-state index in [0.29, 0.717) is 15.7 Å². The van der Waals surface area contributed by atoms with Crippen LogP contribution in [0, 0.1) is 0 Å². The first-order valence-electron chi connectivity index (χ1n) is 9.15. The highest BCUT2D eigenvalue weighted by Gasteiger charge is 2.23. The maximum Gasteiger partial charge on any atom is 0.286 e. The van der Waals surface area contributed by atoms with Crippen molar-refractivity contribution in [3.8, 4) is 5.75 Å². The molecule has 1 aromatic carbocycles. The number of halogens is 1. The number of thioether (sulfide) groups is 1. The van der Waals surface area contributed by atoms with Gasteiger partial charge in [0.1, 0.15) is 5.75 Å². The molecule has 1 heterocycles. The van der Waals surface area contributed by atoms with Crippen LogP contribution in [0.1, 0.15) is 58.4 Å². The summed E-state index contributed by atoms with van der Waals surface area (Å²) in [6.45, 7) is 5.61. The van der Waals surface area contributed by atoms with Gasteiger partial charge >= 0.3 is 0 Å². The van der Waals surface area contributed by atoms with E-state index in [2.05, 4.69) is 17.2 Å². The fourth-order valence-electron chi connectivity index (χ4n) is 2.63. The van der Waals surface area contributed by atoms with Crippen LogP contribution in [0.25, 0.3) is 6.08 Å². The van der Waals surface area contributed by atoms with Gasteiger partial charge in [0.2, 0.25) is 5.91 Å². The second-order valence-corrected chi connectivity index (χ2v) is 7.94. The van der Waals surface area contributed by atoms with Crippen LogP contribution in [-0.4, -0.2) is 23.1 Å². The lowest BCUT2D eigenvalue weighted by Gasteiger charge is -2.17. The first kappa shape index (κ1) is 21.5. The first-order chi connectivity index (χ1) is 12.9. The van der Waals surface area contributed by atoms with Gasteiger partial charge in [-0.1, -0.05) is 37.8 Å². The van der Waals surface area contributed by atoms with E-state index >= 15 is 0 Å². The summed E-state index contributed by atoms with van der Waals surface area (Å²) in [5, 5.41) is 3.38. The highest BCUT2D eigenvalue weighted by molar-refractivity contribution is 8.18. The van der Waals surface area contributed by atoms with Crippen molar-refractivity contribution in [3.63, 3.8) is 0 Å². The fraction of sp³-hybridized carbons (Fsp3) is 0.450. The smallest absolute Gasteiger partial charge is 0.286 e. The Balaban J connectivity index is 2.10. The summed E-state index contributed by atoms with van der Waals surface area (Å²) < 4.78 is 6.09. The molecular formula is C20H25ClN2O3S. The molecule has 0 radical (unpaired) electrons. The predicted molar refractivity (Wildman–Crippen MR) is 112 cm³/mol. The van der Waals surface area contributed by atoms with Crippen LogP contribution in [0.5, 0.6) is 5.75 Å². The Bertz CT molecular complexity index is 762. The topological polar surface area (TPSA) is 67.8 Å². The van der Waals surface area contributed by atoms with E-state index in [9.17, 15) is 9.59 Å².